The molecule has 4 aromatic carbocycles. The van der Waals surface area contributed by atoms with E-state index in [-0.39, 0.29) is 32.2 Å². The molecule has 1 aliphatic rings. The molecule has 0 saturated carbocycles. The maximum Gasteiger partial charge on any atom is 0.325 e. The van der Waals surface area contributed by atoms with Gasteiger partial charge in [0, 0.05) is 24.3 Å². The lowest BCUT2D eigenvalue weighted by Crippen LogP contribution is -2.50. The first-order valence-corrected chi connectivity index (χ1v) is 13.5. The zero-order valence-corrected chi connectivity index (χ0v) is 22.5. The lowest BCUT2D eigenvalue weighted by Gasteiger charge is -2.36. The van der Waals surface area contributed by atoms with Crippen LogP contribution in [0.25, 0.3) is 10.8 Å². The monoisotopic (exact) mass is 522 g/mol. The van der Waals surface area contributed by atoms with Crippen LogP contribution in [0.1, 0.15) is 31.9 Å². The Balaban J connectivity index is 1.73. The van der Waals surface area contributed by atoms with Crippen LogP contribution < -0.4 is 9.80 Å². The van der Waals surface area contributed by atoms with Crippen molar-refractivity contribution in [2.24, 2.45) is 5.41 Å². The van der Waals surface area contributed by atoms with E-state index in [1.165, 1.54) is 0 Å². The quantitative estimate of drug-likeness (QED) is 0.208. The predicted molar refractivity (Wildman–Crippen MR) is 155 cm³/mol. The third kappa shape index (κ3) is 5.32. The second-order valence-electron chi connectivity index (χ2n) is 9.83. The molecule has 1 atom stereocenters. The Morgan fingerprint density at radius 2 is 1.31 bits per heavy atom. The van der Waals surface area contributed by atoms with Gasteiger partial charge in [0.15, 0.2) is 5.41 Å². The molecule has 0 radical (unpaired) electrons. The molecule has 1 aliphatic heterocycles. The van der Waals surface area contributed by atoms with Crippen LogP contribution in [0, 0.1) is 5.41 Å². The number of rotatable bonds is 7. The number of benzene rings is 4. The molecule has 0 aromatic heterocycles. The number of ether oxygens (including phenoxy) is 2. The largest absolute Gasteiger partial charge is 0.465 e. The topological polar surface area (TPSA) is 59.1 Å². The number of para-hydroxylation sites is 2. The summed E-state index contributed by atoms with van der Waals surface area (Å²) in [5, 5.41) is 2.24. The summed E-state index contributed by atoms with van der Waals surface area (Å²) in [5.41, 5.74) is 1.41. The Morgan fingerprint density at radius 1 is 0.744 bits per heavy atom. The highest BCUT2D eigenvalue weighted by molar-refractivity contribution is 6.01. The number of carbonyl (C=O) groups excluding carboxylic acids is 2. The molecule has 200 valence electrons. The number of esters is 2. The van der Waals surface area contributed by atoms with Crippen LogP contribution in [0.4, 0.5) is 11.4 Å². The van der Waals surface area contributed by atoms with Gasteiger partial charge in [-0.05, 0) is 60.5 Å². The highest BCUT2D eigenvalue weighted by Gasteiger charge is 2.54. The second-order valence-corrected chi connectivity index (χ2v) is 9.83. The fraction of sp³-hybridized carbons (Fsp3) is 0.273. The summed E-state index contributed by atoms with van der Waals surface area (Å²) in [6.07, 6.45) is 0.210. The minimum atomic E-state index is -1.53. The number of hydrogen-bond donors (Lipinski definition) is 0. The van der Waals surface area contributed by atoms with Crippen molar-refractivity contribution in [3.05, 3.63) is 109 Å². The molecule has 6 heteroatoms. The van der Waals surface area contributed by atoms with Crippen LogP contribution >= 0.6 is 0 Å². The molecule has 0 bridgehead atoms. The van der Waals surface area contributed by atoms with Crippen LogP contribution in [0.3, 0.4) is 0 Å². The van der Waals surface area contributed by atoms with Crippen molar-refractivity contribution in [1.29, 1.82) is 0 Å². The Kier molecular flexibility index (Phi) is 7.82. The fourth-order valence-corrected chi connectivity index (χ4v) is 5.49. The summed E-state index contributed by atoms with van der Waals surface area (Å²) >= 11 is 0. The summed E-state index contributed by atoms with van der Waals surface area (Å²) in [6, 6.07) is 34.3. The summed E-state index contributed by atoms with van der Waals surface area (Å²) in [6.45, 7) is 4.48. The Morgan fingerprint density at radius 3 is 1.92 bits per heavy atom. The molecule has 5 rings (SSSR count). The third-order valence-electron chi connectivity index (χ3n) is 7.40. The Hall–Kier alpha value is -4.32. The summed E-state index contributed by atoms with van der Waals surface area (Å²) in [7, 11) is 0. The summed E-state index contributed by atoms with van der Waals surface area (Å²) < 4.78 is 11.2. The lowest BCUT2D eigenvalue weighted by atomic mass is 9.78. The molecule has 0 amide bonds. The zero-order valence-electron chi connectivity index (χ0n) is 22.5. The maximum absolute atomic E-state index is 13.8. The normalized spacial score (nSPS) is 16.9. The van der Waals surface area contributed by atoms with E-state index in [0.29, 0.717) is 6.67 Å². The number of anilines is 2. The minimum absolute atomic E-state index is 0.141. The molecule has 1 fully saturated rings. The Bertz CT molecular complexity index is 1410. The van der Waals surface area contributed by atoms with E-state index in [0.717, 1.165) is 27.7 Å². The average Bonchev–Trinajstić information content (AvgIpc) is 3.17. The van der Waals surface area contributed by atoms with E-state index < -0.39 is 17.4 Å². The van der Waals surface area contributed by atoms with E-state index in [2.05, 4.69) is 52.3 Å². The number of nitrogens with zero attached hydrogens (tertiary/aromatic N) is 2. The summed E-state index contributed by atoms with van der Waals surface area (Å²) in [5.74, 6) is -1.10. The van der Waals surface area contributed by atoms with Crippen LogP contribution in [-0.4, -0.2) is 38.4 Å². The maximum atomic E-state index is 13.8. The van der Waals surface area contributed by atoms with Crippen molar-refractivity contribution in [2.75, 3.05) is 36.2 Å². The molecule has 1 heterocycles. The van der Waals surface area contributed by atoms with E-state index in [1.807, 2.05) is 60.7 Å². The van der Waals surface area contributed by atoms with Gasteiger partial charge < -0.3 is 19.3 Å². The molecule has 4 aromatic rings. The van der Waals surface area contributed by atoms with E-state index in [9.17, 15) is 9.59 Å². The predicted octanol–water partition coefficient (Wildman–Crippen LogP) is 6.37. The number of fused-ring (bicyclic) bond motifs is 1. The molecule has 1 saturated heterocycles. The van der Waals surface area contributed by atoms with Crippen LogP contribution in [0.2, 0.25) is 0 Å². The Labute approximate surface area is 229 Å². The van der Waals surface area contributed by atoms with Gasteiger partial charge in [0.1, 0.15) is 0 Å². The number of carbonyl (C=O) groups is 2. The van der Waals surface area contributed by atoms with Gasteiger partial charge in [0.05, 0.1) is 25.9 Å². The lowest BCUT2D eigenvalue weighted by molar-refractivity contribution is -0.172. The standard InChI is InChI=1S/C33H34N2O4/c1-3-38-31(36)33(32(37)39-4-2)22-30(27-20-19-25-13-11-12-14-26(25)21-27)35(29-17-9-6-10-18-29)24-34(23-33)28-15-7-5-8-16-28/h5-21,30H,3-4,22-24H2,1-2H3. The van der Waals surface area contributed by atoms with Crippen molar-refractivity contribution in [1.82, 2.24) is 0 Å². The molecular weight excluding hydrogens is 488 g/mol. The van der Waals surface area contributed by atoms with E-state index >= 15 is 0 Å². The number of hydrogen-bond acceptors (Lipinski definition) is 6. The summed E-state index contributed by atoms with van der Waals surface area (Å²) in [4.78, 5) is 32.0. The molecule has 0 aliphatic carbocycles. The molecular formula is C33H34N2O4. The van der Waals surface area contributed by atoms with Crippen molar-refractivity contribution >= 4 is 34.1 Å². The van der Waals surface area contributed by atoms with Crippen LogP contribution in [0.5, 0.6) is 0 Å². The zero-order chi connectivity index (χ0) is 27.2. The third-order valence-corrected chi connectivity index (χ3v) is 7.40. The first-order chi connectivity index (χ1) is 19.1. The fourth-order valence-electron chi connectivity index (χ4n) is 5.49. The molecule has 6 nitrogen and oxygen atoms in total. The molecule has 1 unspecified atom stereocenters. The van der Waals surface area contributed by atoms with Crippen molar-refractivity contribution < 1.29 is 19.1 Å². The van der Waals surface area contributed by atoms with Gasteiger partial charge in [0.25, 0.3) is 0 Å². The first kappa shape index (κ1) is 26.3. The molecule has 0 spiro atoms. The van der Waals surface area contributed by atoms with Gasteiger partial charge in [-0.3, -0.25) is 9.59 Å². The average molecular weight is 523 g/mol. The van der Waals surface area contributed by atoms with E-state index in [4.69, 9.17) is 9.47 Å². The van der Waals surface area contributed by atoms with Crippen LogP contribution in [-0.2, 0) is 19.1 Å². The first-order valence-electron chi connectivity index (χ1n) is 13.5. The highest BCUT2D eigenvalue weighted by Crippen LogP contribution is 2.44. The second kappa shape index (κ2) is 11.6. The molecule has 0 N–H and O–H groups in total. The smallest absolute Gasteiger partial charge is 0.325 e. The van der Waals surface area contributed by atoms with Gasteiger partial charge in [0.2, 0.25) is 0 Å². The van der Waals surface area contributed by atoms with Gasteiger partial charge in [-0.2, -0.15) is 0 Å². The van der Waals surface area contributed by atoms with Gasteiger partial charge in [-0.15, -0.1) is 0 Å². The van der Waals surface area contributed by atoms with Crippen molar-refractivity contribution in [3.63, 3.8) is 0 Å². The van der Waals surface area contributed by atoms with Crippen molar-refractivity contribution in [3.8, 4) is 0 Å². The van der Waals surface area contributed by atoms with Gasteiger partial charge in [-0.25, -0.2) is 0 Å². The van der Waals surface area contributed by atoms with Crippen LogP contribution in [0.15, 0.2) is 103 Å². The van der Waals surface area contributed by atoms with Crippen molar-refractivity contribution in [2.45, 2.75) is 26.3 Å². The minimum Gasteiger partial charge on any atom is -0.465 e. The van der Waals surface area contributed by atoms with Gasteiger partial charge in [-0.1, -0.05) is 72.8 Å². The van der Waals surface area contributed by atoms with Gasteiger partial charge >= 0.3 is 11.9 Å². The van der Waals surface area contributed by atoms with E-state index in [1.54, 1.807) is 13.8 Å². The highest BCUT2D eigenvalue weighted by atomic mass is 16.6. The molecule has 39 heavy (non-hydrogen) atoms. The SMILES string of the molecule is CCOC(=O)C1(C(=O)OCC)CC(c2ccc3ccccc3c2)N(c2ccccc2)CN(c2ccccc2)C1.